The van der Waals surface area contributed by atoms with Crippen LogP contribution in [0.15, 0.2) is 24.3 Å². The van der Waals surface area contributed by atoms with Gasteiger partial charge in [-0.15, -0.1) is 0 Å². The maximum atomic E-state index is 11.9. The minimum absolute atomic E-state index is 0.356. The number of phenols is 1. The molecule has 1 aromatic carbocycles. The van der Waals surface area contributed by atoms with Crippen LogP contribution in [0.2, 0.25) is 0 Å². The Balaban J connectivity index is 3.03. The van der Waals surface area contributed by atoms with Crippen LogP contribution in [0, 0.1) is 0 Å². The zero-order valence-electron chi connectivity index (χ0n) is 6.38. The zero-order valence-corrected chi connectivity index (χ0v) is 6.38. The van der Waals surface area contributed by atoms with Crippen LogP contribution in [-0.4, -0.2) is 17.8 Å². The van der Waals surface area contributed by atoms with Crippen molar-refractivity contribution in [3.8, 4) is 5.75 Å². The average Bonchev–Trinajstić information content (AvgIpc) is 2.01. The Labute approximate surface area is 72.1 Å². The maximum absolute atomic E-state index is 11.9. The summed E-state index contributed by atoms with van der Waals surface area (Å²) in [6, 6.07) is 4.18. The molecule has 0 unspecified atom stereocenters. The van der Waals surface area contributed by atoms with Gasteiger partial charge in [0.05, 0.1) is 0 Å². The average molecular weight is 189 g/mol. The minimum atomic E-state index is -5.52. The fraction of sp³-hybridized carbons (Fsp3) is 0. The number of halogens is 3. The fourth-order valence-electron chi connectivity index (χ4n) is 0.848. The number of carbonyl (C=O) groups excluding carboxylic acids is 1. The highest BCUT2D eigenvalue weighted by Crippen LogP contribution is 2.19. The number of rotatable bonds is 2. The van der Waals surface area contributed by atoms with Crippen molar-refractivity contribution in [2.24, 2.45) is 0 Å². The third-order valence-corrected chi connectivity index (χ3v) is 1.43. The predicted molar refractivity (Wildman–Crippen MR) is 41.5 cm³/mol. The number of aromatic hydroxyl groups is 1. The van der Waals surface area contributed by atoms with Gasteiger partial charge in [-0.2, -0.15) is 0 Å². The van der Waals surface area contributed by atoms with Gasteiger partial charge in [0.2, 0.25) is 0 Å². The normalized spacial score (nSPS) is 11.3. The summed E-state index contributed by atoms with van der Waals surface area (Å²) in [5.74, 6) is -0.356. The Morgan fingerprint density at radius 3 is 2.38 bits per heavy atom. The van der Waals surface area contributed by atoms with Gasteiger partial charge in [-0.25, -0.2) is 0 Å². The van der Waals surface area contributed by atoms with Crippen LogP contribution in [0.3, 0.4) is 0 Å². The molecule has 0 aliphatic rings. The van der Waals surface area contributed by atoms with Gasteiger partial charge in [0, 0.05) is 0 Å². The molecule has 2 nitrogen and oxygen atoms in total. The molecule has 13 heavy (non-hydrogen) atoms. The first-order valence-corrected chi connectivity index (χ1v) is 3.44. The molecule has 0 saturated carbocycles. The molecule has 0 heterocycles. The summed E-state index contributed by atoms with van der Waals surface area (Å²) in [6.45, 7) is -5.52. The van der Waals surface area contributed by atoms with Crippen LogP contribution in [0.5, 0.6) is 5.75 Å². The molecule has 0 atom stereocenters. The molecule has 1 rings (SSSR count). The van der Waals surface area contributed by atoms with E-state index in [4.69, 9.17) is 5.11 Å². The molecule has 6 heteroatoms. The van der Waals surface area contributed by atoms with E-state index in [1.54, 1.807) is 0 Å². The van der Waals surface area contributed by atoms with Crippen molar-refractivity contribution in [1.82, 2.24) is 0 Å². The molecule has 1 aromatic rings. The number of carbonyl (C=O) groups is 1. The lowest BCUT2D eigenvalue weighted by molar-refractivity contribution is 0.102. The molecular weight excluding hydrogens is 184 g/mol. The summed E-state index contributed by atoms with van der Waals surface area (Å²) in [5, 5.41) is 8.82. The van der Waals surface area contributed by atoms with E-state index in [1.807, 2.05) is 0 Å². The van der Waals surface area contributed by atoms with Gasteiger partial charge in [-0.3, -0.25) is 0 Å². The minimum Gasteiger partial charge on any atom is -0.508 e. The Kier molecular flexibility index (Phi) is 2.31. The van der Waals surface area contributed by atoms with Gasteiger partial charge in [0.1, 0.15) is 11.4 Å². The zero-order chi connectivity index (χ0) is 10.1. The van der Waals surface area contributed by atoms with Gasteiger partial charge in [0.25, 0.3) is 0 Å². The van der Waals surface area contributed by atoms with Crippen LogP contribution in [-0.2, 0) is 0 Å². The molecule has 0 radical (unpaired) electrons. The van der Waals surface area contributed by atoms with E-state index >= 15 is 0 Å². The molecular formula is C7H5BF3O2-. The number of phenolic OH excluding ortho intramolecular Hbond substituents is 1. The summed E-state index contributed by atoms with van der Waals surface area (Å²) in [5.41, 5.74) is -2.43. The topological polar surface area (TPSA) is 37.3 Å². The smallest absolute Gasteiger partial charge is 0.508 e. The first kappa shape index (κ1) is 9.63. The van der Waals surface area contributed by atoms with Gasteiger partial charge in [-0.05, 0) is 17.7 Å². The van der Waals surface area contributed by atoms with Gasteiger partial charge >= 0.3 is 6.98 Å². The lowest BCUT2D eigenvalue weighted by Gasteiger charge is -2.12. The summed E-state index contributed by atoms with van der Waals surface area (Å²) in [7, 11) is 0. The Morgan fingerprint density at radius 1 is 1.31 bits per heavy atom. The molecule has 0 aromatic heterocycles. The van der Waals surface area contributed by atoms with E-state index in [1.165, 1.54) is 12.1 Å². The van der Waals surface area contributed by atoms with Crippen LogP contribution < -0.4 is 0 Å². The molecule has 0 aliphatic carbocycles. The molecule has 70 valence electrons. The summed E-state index contributed by atoms with van der Waals surface area (Å²) in [4.78, 5) is 10.6. The van der Waals surface area contributed by atoms with Crippen molar-refractivity contribution < 1.29 is 22.8 Å². The van der Waals surface area contributed by atoms with Gasteiger partial charge in [-0.1, -0.05) is 12.1 Å². The highest BCUT2D eigenvalue weighted by atomic mass is 19.4. The van der Waals surface area contributed by atoms with Gasteiger partial charge < -0.3 is 22.8 Å². The third-order valence-electron chi connectivity index (χ3n) is 1.43. The van der Waals surface area contributed by atoms with Gasteiger partial charge in [0.15, 0.2) is 0 Å². The van der Waals surface area contributed by atoms with E-state index in [2.05, 4.69) is 0 Å². The molecule has 0 fully saturated rings. The molecule has 0 aliphatic heterocycles. The Morgan fingerprint density at radius 2 is 1.92 bits per heavy atom. The second kappa shape index (κ2) is 3.12. The van der Waals surface area contributed by atoms with Crippen molar-refractivity contribution >= 4 is 12.7 Å². The summed E-state index contributed by atoms with van der Waals surface area (Å²) >= 11 is 0. The van der Waals surface area contributed by atoms with Crippen LogP contribution in [0.25, 0.3) is 0 Å². The van der Waals surface area contributed by atoms with Crippen molar-refractivity contribution in [2.45, 2.75) is 0 Å². The molecule has 0 saturated heterocycles. The van der Waals surface area contributed by atoms with Crippen molar-refractivity contribution in [3.05, 3.63) is 29.8 Å². The van der Waals surface area contributed by atoms with Crippen LogP contribution >= 0.6 is 0 Å². The maximum Gasteiger partial charge on any atom is 0.549 e. The lowest BCUT2D eigenvalue weighted by Crippen LogP contribution is -2.29. The lowest BCUT2D eigenvalue weighted by atomic mass is 9.80. The monoisotopic (exact) mass is 189 g/mol. The molecule has 0 amide bonds. The van der Waals surface area contributed by atoms with Crippen molar-refractivity contribution in [3.63, 3.8) is 0 Å². The second-order valence-corrected chi connectivity index (χ2v) is 2.49. The first-order chi connectivity index (χ1) is 5.91. The van der Waals surface area contributed by atoms with Crippen LogP contribution in [0.1, 0.15) is 10.4 Å². The number of hydrogen-bond acceptors (Lipinski definition) is 2. The summed E-state index contributed by atoms with van der Waals surface area (Å²) in [6.07, 6.45) is 0. The van der Waals surface area contributed by atoms with Crippen molar-refractivity contribution in [2.75, 3.05) is 0 Å². The van der Waals surface area contributed by atoms with Crippen molar-refractivity contribution in [1.29, 1.82) is 0 Å². The van der Waals surface area contributed by atoms with Crippen LogP contribution in [0.4, 0.5) is 12.9 Å². The Hall–Kier alpha value is -1.46. The highest BCUT2D eigenvalue weighted by molar-refractivity contribution is 6.93. The SMILES string of the molecule is O=C(c1cccc(O)c1)[B-](F)(F)F. The van der Waals surface area contributed by atoms with E-state index in [0.717, 1.165) is 12.1 Å². The first-order valence-electron chi connectivity index (χ1n) is 3.44. The largest absolute Gasteiger partial charge is 0.549 e. The van der Waals surface area contributed by atoms with E-state index in [-0.39, 0.29) is 5.75 Å². The quantitative estimate of drug-likeness (QED) is 0.721. The Bertz CT molecular complexity index is 335. The third kappa shape index (κ3) is 2.24. The van der Waals surface area contributed by atoms with E-state index in [0.29, 0.717) is 0 Å². The summed E-state index contributed by atoms with van der Waals surface area (Å²) < 4.78 is 35.7. The molecule has 1 N–H and O–H groups in total. The standard InChI is InChI=1S/C7H5BF3O2/c9-8(10,11)7(13)5-2-1-3-6(12)4-5/h1-4,12H/q-1. The van der Waals surface area contributed by atoms with E-state index < -0.39 is 18.2 Å². The number of benzene rings is 1. The fourth-order valence-corrected chi connectivity index (χ4v) is 0.848. The molecule has 0 bridgehead atoms. The second-order valence-electron chi connectivity index (χ2n) is 2.49. The molecule has 0 spiro atoms. The number of hydrogen-bond donors (Lipinski definition) is 1. The van der Waals surface area contributed by atoms with E-state index in [9.17, 15) is 17.7 Å². The predicted octanol–water partition coefficient (Wildman–Crippen LogP) is 1.96. The highest BCUT2D eigenvalue weighted by Gasteiger charge is 2.33.